The van der Waals surface area contributed by atoms with Crippen molar-refractivity contribution in [3.8, 4) is 5.75 Å². The maximum Gasteiger partial charge on any atom is 0.125 e. The van der Waals surface area contributed by atoms with Gasteiger partial charge in [0.05, 0.1) is 7.11 Å². The third kappa shape index (κ3) is 2.65. The average Bonchev–Trinajstić information content (AvgIpc) is 2.38. The first-order chi connectivity index (χ1) is 8.49. The molecule has 2 nitrogen and oxygen atoms in total. The molecule has 0 saturated heterocycles. The zero-order valence-corrected chi connectivity index (χ0v) is 13.0. The summed E-state index contributed by atoms with van der Waals surface area (Å²) in [6.45, 7) is 9.35. The summed E-state index contributed by atoms with van der Waals surface area (Å²) in [7, 11) is 3.72. The SMILES string of the molecule is CCC(CNC)c1c(C)c(Cl)c(C)c(C)c1OC. The Balaban J connectivity index is 3.49. The van der Waals surface area contributed by atoms with Crippen molar-refractivity contribution in [2.75, 3.05) is 20.7 Å². The summed E-state index contributed by atoms with van der Waals surface area (Å²) in [6.07, 6.45) is 1.07. The summed E-state index contributed by atoms with van der Waals surface area (Å²) in [5.74, 6) is 1.43. The molecular formula is C15H24ClNO. The lowest BCUT2D eigenvalue weighted by Gasteiger charge is -2.24. The predicted molar refractivity (Wildman–Crippen MR) is 79.2 cm³/mol. The van der Waals surface area contributed by atoms with E-state index in [1.54, 1.807) is 7.11 Å². The second-order valence-electron chi connectivity index (χ2n) is 4.80. The zero-order valence-electron chi connectivity index (χ0n) is 12.3. The Labute approximate surface area is 116 Å². The third-order valence-corrected chi connectivity index (χ3v) is 4.33. The van der Waals surface area contributed by atoms with Crippen LogP contribution in [0.25, 0.3) is 0 Å². The van der Waals surface area contributed by atoms with Gasteiger partial charge in [-0.25, -0.2) is 0 Å². The number of rotatable bonds is 5. The number of likely N-dealkylation sites (N-methyl/N-ethyl adjacent to an activating group) is 1. The molecule has 0 aromatic heterocycles. The van der Waals surface area contributed by atoms with E-state index in [1.807, 2.05) is 7.05 Å². The van der Waals surface area contributed by atoms with Crippen molar-refractivity contribution >= 4 is 11.6 Å². The smallest absolute Gasteiger partial charge is 0.125 e. The minimum atomic E-state index is 0.432. The lowest BCUT2D eigenvalue weighted by molar-refractivity contribution is 0.399. The molecule has 1 N–H and O–H groups in total. The lowest BCUT2D eigenvalue weighted by Crippen LogP contribution is -2.19. The second kappa shape index (κ2) is 6.44. The molecule has 0 aliphatic carbocycles. The Morgan fingerprint density at radius 1 is 1.17 bits per heavy atom. The van der Waals surface area contributed by atoms with Crippen molar-refractivity contribution in [1.29, 1.82) is 0 Å². The van der Waals surface area contributed by atoms with Crippen molar-refractivity contribution in [1.82, 2.24) is 5.32 Å². The topological polar surface area (TPSA) is 21.3 Å². The highest BCUT2D eigenvalue weighted by Crippen LogP contribution is 2.40. The molecule has 0 heterocycles. The van der Waals surface area contributed by atoms with E-state index in [4.69, 9.17) is 16.3 Å². The number of hydrogen-bond acceptors (Lipinski definition) is 2. The molecule has 0 saturated carbocycles. The summed E-state index contributed by atoms with van der Waals surface area (Å²) < 4.78 is 5.64. The van der Waals surface area contributed by atoms with Crippen LogP contribution >= 0.6 is 11.6 Å². The molecule has 0 radical (unpaired) electrons. The molecule has 0 spiro atoms. The zero-order chi connectivity index (χ0) is 13.9. The highest BCUT2D eigenvalue weighted by Gasteiger charge is 2.22. The van der Waals surface area contributed by atoms with Gasteiger partial charge in [0.2, 0.25) is 0 Å². The van der Waals surface area contributed by atoms with E-state index in [2.05, 4.69) is 33.0 Å². The quantitative estimate of drug-likeness (QED) is 0.873. The Hall–Kier alpha value is -0.730. The van der Waals surface area contributed by atoms with E-state index < -0.39 is 0 Å². The van der Waals surface area contributed by atoms with Crippen LogP contribution in [0.2, 0.25) is 5.02 Å². The molecule has 0 aliphatic heterocycles. The molecular weight excluding hydrogens is 246 g/mol. The van der Waals surface area contributed by atoms with Crippen LogP contribution in [0.15, 0.2) is 0 Å². The molecule has 18 heavy (non-hydrogen) atoms. The highest BCUT2D eigenvalue weighted by atomic mass is 35.5. The maximum absolute atomic E-state index is 6.44. The van der Waals surface area contributed by atoms with Crippen LogP contribution in [0.3, 0.4) is 0 Å². The van der Waals surface area contributed by atoms with E-state index >= 15 is 0 Å². The van der Waals surface area contributed by atoms with Gasteiger partial charge in [-0.2, -0.15) is 0 Å². The standard InChI is InChI=1S/C15H24ClNO/c1-7-12(8-17-5)13-11(4)14(16)9(2)10(3)15(13)18-6/h12,17H,7-8H2,1-6H3. The number of benzene rings is 1. The van der Waals surface area contributed by atoms with Crippen LogP contribution < -0.4 is 10.1 Å². The second-order valence-corrected chi connectivity index (χ2v) is 5.18. The monoisotopic (exact) mass is 269 g/mol. The fraction of sp³-hybridized carbons (Fsp3) is 0.600. The van der Waals surface area contributed by atoms with Crippen LogP contribution in [0.1, 0.15) is 41.5 Å². The first-order valence-electron chi connectivity index (χ1n) is 6.47. The van der Waals surface area contributed by atoms with Gasteiger partial charge in [-0.15, -0.1) is 0 Å². The van der Waals surface area contributed by atoms with Gasteiger partial charge in [0.1, 0.15) is 5.75 Å². The summed E-state index contributed by atoms with van der Waals surface area (Å²) in [6, 6.07) is 0. The first kappa shape index (κ1) is 15.3. The van der Waals surface area contributed by atoms with Crippen LogP contribution in [-0.4, -0.2) is 20.7 Å². The van der Waals surface area contributed by atoms with Crippen LogP contribution in [-0.2, 0) is 0 Å². The molecule has 3 heteroatoms. The lowest BCUT2D eigenvalue weighted by atomic mass is 9.88. The van der Waals surface area contributed by atoms with Crippen LogP contribution in [0, 0.1) is 20.8 Å². The van der Waals surface area contributed by atoms with Gasteiger partial charge in [0, 0.05) is 23.0 Å². The molecule has 102 valence electrons. The number of ether oxygens (including phenoxy) is 1. The van der Waals surface area contributed by atoms with E-state index in [0.717, 1.165) is 40.4 Å². The van der Waals surface area contributed by atoms with E-state index in [9.17, 15) is 0 Å². The molecule has 1 atom stereocenters. The summed E-state index contributed by atoms with van der Waals surface area (Å²) in [5.41, 5.74) is 4.67. The van der Waals surface area contributed by atoms with Gasteiger partial charge in [-0.1, -0.05) is 18.5 Å². The minimum Gasteiger partial charge on any atom is -0.496 e. The van der Waals surface area contributed by atoms with Crippen molar-refractivity contribution in [2.24, 2.45) is 0 Å². The molecule has 0 fully saturated rings. The van der Waals surface area contributed by atoms with Gasteiger partial charge < -0.3 is 10.1 Å². The Morgan fingerprint density at radius 2 is 1.78 bits per heavy atom. The molecule has 0 amide bonds. The van der Waals surface area contributed by atoms with Crippen molar-refractivity contribution in [3.05, 3.63) is 27.3 Å². The highest BCUT2D eigenvalue weighted by molar-refractivity contribution is 6.32. The molecule has 0 bridgehead atoms. The molecule has 0 aliphatic rings. The number of halogens is 1. The first-order valence-corrected chi connectivity index (χ1v) is 6.85. The largest absolute Gasteiger partial charge is 0.496 e. The minimum absolute atomic E-state index is 0.432. The molecule has 1 unspecified atom stereocenters. The summed E-state index contributed by atoms with van der Waals surface area (Å²) in [4.78, 5) is 0. The van der Waals surface area contributed by atoms with Gasteiger partial charge in [0.15, 0.2) is 0 Å². The van der Waals surface area contributed by atoms with Crippen LogP contribution in [0.5, 0.6) is 5.75 Å². The molecule has 1 aromatic rings. The number of nitrogens with one attached hydrogen (secondary N) is 1. The third-order valence-electron chi connectivity index (χ3n) is 3.77. The Kier molecular flexibility index (Phi) is 5.48. The van der Waals surface area contributed by atoms with Crippen molar-refractivity contribution in [2.45, 2.75) is 40.0 Å². The Morgan fingerprint density at radius 3 is 2.22 bits per heavy atom. The van der Waals surface area contributed by atoms with E-state index in [-0.39, 0.29) is 0 Å². The van der Waals surface area contributed by atoms with E-state index in [1.165, 1.54) is 5.56 Å². The average molecular weight is 270 g/mol. The Bertz CT molecular complexity index is 429. The predicted octanol–water partition coefficient (Wildman–Crippen LogP) is 3.99. The maximum atomic E-state index is 6.44. The van der Waals surface area contributed by atoms with Gasteiger partial charge in [0.25, 0.3) is 0 Å². The van der Waals surface area contributed by atoms with Gasteiger partial charge in [-0.05, 0) is 50.9 Å². The van der Waals surface area contributed by atoms with Crippen molar-refractivity contribution in [3.63, 3.8) is 0 Å². The fourth-order valence-electron chi connectivity index (χ4n) is 2.56. The van der Waals surface area contributed by atoms with Gasteiger partial charge in [-0.3, -0.25) is 0 Å². The van der Waals surface area contributed by atoms with Crippen molar-refractivity contribution < 1.29 is 4.74 Å². The number of methoxy groups -OCH3 is 1. The fourth-order valence-corrected chi connectivity index (χ4v) is 2.80. The summed E-state index contributed by atoms with van der Waals surface area (Å²) in [5, 5.41) is 4.12. The molecule has 1 rings (SSSR count). The normalized spacial score (nSPS) is 12.6. The summed E-state index contributed by atoms with van der Waals surface area (Å²) >= 11 is 6.44. The number of hydrogen-bond donors (Lipinski definition) is 1. The molecule has 1 aromatic carbocycles. The van der Waals surface area contributed by atoms with Crippen LogP contribution in [0.4, 0.5) is 0 Å². The van der Waals surface area contributed by atoms with E-state index in [0.29, 0.717) is 5.92 Å². The van der Waals surface area contributed by atoms with Gasteiger partial charge >= 0.3 is 0 Å².